The van der Waals surface area contributed by atoms with Crippen molar-refractivity contribution in [2.75, 3.05) is 23.7 Å². The number of carbonyl (C=O) groups is 2. The summed E-state index contributed by atoms with van der Waals surface area (Å²) in [4.78, 5) is 27.1. The second-order valence-corrected chi connectivity index (χ2v) is 10.3. The molecule has 2 aromatic rings. The highest BCUT2D eigenvalue weighted by Crippen LogP contribution is 2.21. The third kappa shape index (κ3) is 8.05. The molecule has 1 N–H and O–H groups in total. The standard InChI is InChI=1S/C24H32ClN3O4S/c1-5-26-24(30)19(3)27(17-20-10-8-18(2)9-11-20)23(29)7-6-16-28(33(4,31)32)22-14-12-21(25)13-15-22/h8-15,19H,5-7,16-17H2,1-4H3,(H,26,30)/t19-/m1/s1. The fourth-order valence-corrected chi connectivity index (χ4v) is 4.50. The average Bonchev–Trinajstić information content (AvgIpc) is 2.76. The maximum Gasteiger partial charge on any atom is 0.242 e. The molecule has 0 radical (unpaired) electrons. The molecule has 9 heteroatoms. The van der Waals surface area contributed by atoms with Gasteiger partial charge in [0.2, 0.25) is 21.8 Å². The van der Waals surface area contributed by atoms with Crippen LogP contribution < -0.4 is 9.62 Å². The van der Waals surface area contributed by atoms with E-state index in [2.05, 4.69) is 5.32 Å². The molecular formula is C24H32ClN3O4S. The molecule has 0 aliphatic heterocycles. The van der Waals surface area contributed by atoms with E-state index < -0.39 is 16.1 Å². The zero-order chi connectivity index (χ0) is 24.6. The smallest absolute Gasteiger partial charge is 0.242 e. The summed E-state index contributed by atoms with van der Waals surface area (Å²) in [6.45, 7) is 6.42. The van der Waals surface area contributed by atoms with Crippen LogP contribution in [0.4, 0.5) is 5.69 Å². The number of halogens is 1. The maximum atomic E-state index is 13.1. The number of likely N-dealkylation sites (N-methyl/N-ethyl adjacent to an activating group) is 1. The molecule has 0 unspecified atom stereocenters. The summed E-state index contributed by atoms with van der Waals surface area (Å²) in [6.07, 6.45) is 1.54. The molecule has 180 valence electrons. The number of anilines is 1. The van der Waals surface area contributed by atoms with Gasteiger partial charge in [-0.1, -0.05) is 41.4 Å². The van der Waals surface area contributed by atoms with Crippen LogP contribution in [0, 0.1) is 6.92 Å². The first-order valence-electron chi connectivity index (χ1n) is 10.9. The molecule has 0 aromatic heterocycles. The van der Waals surface area contributed by atoms with Crippen molar-refractivity contribution in [1.29, 1.82) is 0 Å². The summed E-state index contributed by atoms with van der Waals surface area (Å²) in [5.41, 5.74) is 2.52. The van der Waals surface area contributed by atoms with Gasteiger partial charge in [-0.3, -0.25) is 13.9 Å². The van der Waals surface area contributed by atoms with Crippen molar-refractivity contribution in [3.8, 4) is 0 Å². The van der Waals surface area contributed by atoms with Crippen LogP contribution in [0.1, 0.15) is 37.8 Å². The van der Waals surface area contributed by atoms with Gasteiger partial charge in [-0.25, -0.2) is 8.42 Å². The number of amides is 2. The third-order valence-electron chi connectivity index (χ3n) is 5.26. The highest BCUT2D eigenvalue weighted by Gasteiger charge is 2.26. The number of sulfonamides is 1. The van der Waals surface area contributed by atoms with Crippen molar-refractivity contribution in [1.82, 2.24) is 10.2 Å². The molecule has 0 spiro atoms. The lowest BCUT2D eigenvalue weighted by molar-refractivity contribution is -0.140. The largest absolute Gasteiger partial charge is 0.355 e. The first kappa shape index (κ1) is 26.7. The van der Waals surface area contributed by atoms with Crippen LogP contribution >= 0.6 is 11.6 Å². The Labute approximate surface area is 201 Å². The molecule has 2 aromatic carbocycles. The predicted molar refractivity (Wildman–Crippen MR) is 133 cm³/mol. The van der Waals surface area contributed by atoms with Crippen molar-refractivity contribution in [2.45, 2.75) is 46.2 Å². The lowest BCUT2D eigenvalue weighted by Crippen LogP contribution is -2.47. The number of aryl methyl sites for hydroxylation is 1. The molecule has 0 saturated carbocycles. The Morgan fingerprint density at radius 3 is 2.21 bits per heavy atom. The highest BCUT2D eigenvalue weighted by atomic mass is 35.5. The van der Waals surface area contributed by atoms with Gasteiger partial charge in [0.1, 0.15) is 6.04 Å². The number of hydrogen-bond donors (Lipinski definition) is 1. The minimum absolute atomic E-state index is 0.106. The minimum Gasteiger partial charge on any atom is -0.355 e. The Bertz CT molecular complexity index is 1040. The lowest BCUT2D eigenvalue weighted by Gasteiger charge is -2.29. The summed E-state index contributed by atoms with van der Waals surface area (Å²) in [5.74, 6) is -0.434. The normalized spacial score (nSPS) is 12.2. The SMILES string of the molecule is CCNC(=O)[C@@H](C)N(Cc1ccc(C)cc1)C(=O)CCCN(c1ccc(Cl)cc1)S(C)(=O)=O. The van der Waals surface area contributed by atoms with Crippen LogP contribution in [-0.4, -0.2) is 50.5 Å². The van der Waals surface area contributed by atoms with E-state index in [9.17, 15) is 18.0 Å². The van der Waals surface area contributed by atoms with E-state index in [-0.39, 0.29) is 24.8 Å². The van der Waals surface area contributed by atoms with Crippen molar-refractivity contribution in [2.24, 2.45) is 0 Å². The van der Waals surface area contributed by atoms with Crippen LogP contribution in [0.15, 0.2) is 48.5 Å². The van der Waals surface area contributed by atoms with Crippen molar-refractivity contribution in [3.63, 3.8) is 0 Å². The van der Waals surface area contributed by atoms with Crippen LogP contribution in [0.3, 0.4) is 0 Å². The van der Waals surface area contributed by atoms with E-state index in [1.165, 1.54) is 4.31 Å². The Kier molecular flexibility index (Phi) is 9.73. The van der Waals surface area contributed by atoms with Gasteiger partial charge in [0.25, 0.3) is 0 Å². The maximum absolute atomic E-state index is 13.1. The predicted octanol–water partition coefficient (Wildman–Crippen LogP) is 3.75. The van der Waals surface area contributed by atoms with Gasteiger partial charge in [-0.15, -0.1) is 0 Å². The first-order chi connectivity index (χ1) is 15.5. The average molecular weight is 494 g/mol. The quantitative estimate of drug-likeness (QED) is 0.516. The summed E-state index contributed by atoms with van der Waals surface area (Å²) in [6, 6.07) is 13.7. The molecule has 2 amide bonds. The number of benzene rings is 2. The molecule has 0 aliphatic carbocycles. The van der Waals surface area contributed by atoms with E-state index in [1.807, 2.05) is 38.1 Å². The molecule has 0 bridgehead atoms. The Balaban J connectivity index is 2.13. The highest BCUT2D eigenvalue weighted by molar-refractivity contribution is 7.92. The van der Waals surface area contributed by atoms with Crippen molar-refractivity contribution >= 4 is 39.1 Å². The van der Waals surface area contributed by atoms with E-state index in [0.29, 0.717) is 30.2 Å². The van der Waals surface area contributed by atoms with E-state index in [4.69, 9.17) is 11.6 Å². The summed E-state index contributed by atoms with van der Waals surface area (Å²) < 4.78 is 25.9. The van der Waals surface area contributed by atoms with Crippen LogP contribution in [0.5, 0.6) is 0 Å². The van der Waals surface area contributed by atoms with Gasteiger partial charge in [0, 0.05) is 31.1 Å². The third-order valence-corrected chi connectivity index (χ3v) is 6.70. The number of hydrogen-bond acceptors (Lipinski definition) is 4. The molecule has 0 aliphatic rings. The minimum atomic E-state index is -3.54. The number of nitrogens with zero attached hydrogens (tertiary/aromatic N) is 2. The molecular weight excluding hydrogens is 462 g/mol. The number of nitrogens with one attached hydrogen (secondary N) is 1. The fourth-order valence-electron chi connectivity index (χ4n) is 3.41. The molecule has 7 nitrogen and oxygen atoms in total. The number of carbonyl (C=O) groups excluding carboxylic acids is 2. The van der Waals surface area contributed by atoms with Gasteiger partial charge >= 0.3 is 0 Å². The second kappa shape index (κ2) is 12.0. The Hall–Kier alpha value is -2.58. The van der Waals surface area contributed by atoms with Gasteiger partial charge < -0.3 is 10.2 Å². The molecule has 1 atom stereocenters. The number of rotatable bonds is 11. The fraction of sp³-hybridized carbons (Fsp3) is 0.417. The molecule has 2 rings (SSSR count). The summed E-state index contributed by atoms with van der Waals surface area (Å²) in [5, 5.41) is 3.27. The van der Waals surface area contributed by atoms with Gasteiger partial charge in [0.15, 0.2) is 0 Å². The van der Waals surface area contributed by atoms with Crippen LogP contribution in [0.2, 0.25) is 5.02 Å². The lowest BCUT2D eigenvalue weighted by atomic mass is 10.1. The van der Waals surface area contributed by atoms with E-state index >= 15 is 0 Å². The van der Waals surface area contributed by atoms with E-state index in [0.717, 1.165) is 17.4 Å². The molecule has 0 heterocycles. The van der Waals surface area contributed by atoms with E-state index in [1.54, 1.807) is 36.1 Å². The summed E-state index contributed by atoms with van der Waals surface area (Å²) in [7, 11) is -3.54. The molecule has 0 saturated heterocycles. The molecule has 0 fully saturated rings. The van der Waals surface area contributed by atoms with Gasteiger partial charge in [-0.05, 0) is 57.0 Å². The van der Waals surface area contributed by atoms with Gasteiger partial charge in [-0.2, -0.15) is 0 Å². The monoisotopic (exact) mass is 493 g/mol. The van der Waals surface area contributed by atoms with Crippen LogP contribution in [-0.2, 0) is 26.2 Å². The van der Waals surface area contributed by atoms with Crippen molar-refractivity contribution < 1.29 is 18.0 Å². The first-order valence-corrected chi connectivity index (χ1v) is 13.1. The Morgan fingerprint density at radius 1 is 1.06 bits per heavy atom. The molecule has 33 heavy (non-hydrogen) atoms. The van der Waals surface area contributed by atoms with Crippen LogP contribution in [0.25, 0.3) is 0 Å². The zero-order valence-electron chi connectivity index (χ0n) is 19.5. The van der Waals surface area contributed by atoms with Crippen molar-refractivity contribution in [3.05, 3.63) is 64.7 Å². The second-order valence-electron chi connectivity index (χ2n) is 7.99. The van der Waals surface area contributed by atoms with Gasteiger partial charge in [0.05, 0.1) is 11.9 Å². The summed E-state index contributed by atoms with van der Waals surface area (Å²) >= 11 is 5.91. The Morgan fingerprint density at radius 2 is 1.67 bits per heavy atom. The topological polar surface area (TPSA) is 86.8 Å². The zero-order valence-corrected chi connectivity index (χ0v) is 21.1.